The summed E-state index contributed by atoms with van der Waals surface area (Å²) in [5.74, 6) is -0.515. The lowest BCUT2D eigenvalue weighted by atomic mass is 9.97. The average Bonchev–Trinajstić information content (AvgIpc) is 3.06. The Morgan fingerprint density at radius 3 is 2.83 bits per heavy atom. The first-order valence-corrected chi connectivity index (χ1v) is 9.82. The maximum atomic E-state index is 13.4. The number of hydrogen-bond acceptors (Lipinski definition) is 6. The molecule has 0 atom stereocenters. The first-order chi connectivity index (χ1) is 14.5. The van der Waals surface area contributed by atoms with Gasteiger partial charge in [0.25, 0.3) is 5.91 Å². The number of allylic oxidation sites excluding steroid dienone is 3. The number of amides is 1. The highest BCUT2D eigenvalue weighted by Crippen LogP contribution is 2.24. The van der Waals surface area contributed by atoms with Gasteiger partial charge < -0.3 is 20.7 Å². The number of methoxy groups -OCH3 is 1. The van der Waals surface area contributed by atoms with Crippen LogP contribution in [0.2, 0.25) is 0 Å². The van der Waals surface area contributed by atoms with Crippen LogP contribution < -0.4 is 11.1 Å². The fourth-order valence-electron chi connectivity index (χ4n) is 3.67. The Balaban J connectivity index is 1.81. The topological polar surface area (TPSA) is 97.8 Å². The third kappa shape index (κ3) is 4.51. The highest BCUT2D eigenvalue weighted by molar-refractivity contribution is 6.05. The second-order valence-corrected chi connectivity index (χ2v) is 7.13. The van der Waals surface area contributed by atoms with Gasteiger partial charge in [0.1, 0.15) is 5.56 Å². The molecule has 9 heteroatoms. The van der Waals surface area contributed by atoms with Crippen molar-refractivity contribution in [2.24, 2.45) is 5.92 Å². The molecule has 0 bridgehead atoms. The van der Waals surface area contributed by atoms with Crippen molar-refractivity contribution in [3.05, 3.63) is 60.0 Å². The van der Waals surface area contributed by atoms with Crippen molar-refractivity contribution in [3.8, 4) is 0 Å². The number of ether oxygens (including phenoxy) is 1. The molecule has 8 nitrogen and oxygen atoms in total. The van der Waals surface area contributed by atoms with Gasteiger partial charge in [0.05, 0.1) is 23.8 Å². The van der Waals surface area contributed by atoms with Crippen molar-refractivity contribution >= 4 is 17.4 Å². The number of fused-ring (bicyclic) bond motifs is 1. The van der Waals surface area contributed by atoms with Gasteiger partial charge in [0.2, 0.25) is 0 Å². The normalized spacial score (nSPS) is 16.2. The van der Waals surface area contributed by atoms with E-state index in [-0.39, 0.29) is 17.0 Å². The Morgan fingerprint density at radius 1 is 1.47 bits per heavy atom. The molecular formula is C21H27FN6O2. The summed E-state index contributed by atoms with van der Waals surface area (Å²) in [6, 6.07) is 0. The fourth-order valence-corrected chi connectivity index (χ4v) is 3.67. The van der Waals surface area contributed by atoms with Gasteiger partial charge in [0, 0.05) is 26.8 Å². The van der Waals surface area contributed by atoms with Crippen LogP contribution in [-0.4, -0.2) is 52.2 Å². The highest BCUT2D eigenvalue weighted by atomic mass is 19.1. The Labute approximate surface area is 174 Å². The third-order valence-electron chi connectivity index (χ3n) is 5.14. The van der Waals surface area contributed by atoms with E-state index in [1.54, 1.807) is 13.2 Å². The molecule has 3 heterocycles. The van der Waals surface area contributed by atoms with Crippen molar-refractivity contribution in [2.45, 2.75) is 19.8 Å². The van der Waals surface area contributed by atoms with E-state index in [1.165, 1.54) is 0 Å². The predicted molar refractivity (Wildman–Crippen MR) is 113 cm³/mol. The molecule has 3 rings (SSSR count). The van der Waals surface area contributed by atoms with Crippen LogP contribution in [0.15, 0.2) is 48.6 Å². The van der Waals surface area contributed by atoms with Crippen LogP contribution in [0.5, 0.6) is 0 Å². The molecule has 2 aromatic rings. The minimum atomic E-state index is -0.570. The third-order valence-corrected chi connectivity index (χ3v) is 5.14. The summed E-state index contributed by atoms with van der Waals surface area (Å²) in [5.41, 5.74) is 7.71. The Hall–Kier alpha value is -3.20. The van der Waals surface area contributed by atoms with Crippen LogP contribution in [0.4, 0.5) is 10.2 Å². The van der Waals surface area contributed by atoms with Crippen molar-refractivity contribution < 1.29 is 13.9 Å². The molecule has 0 radical (unpaired) electrons. The monoisotopic (exact) mass is 414 g/mol. The second kappa shape index (κ2) is 9.53. The number of halogens is 1. The number of nitrogens with one attached hydrogen (secondary N) is 1. The lowest BCUT2D eigenvalue weighted by Gasteiger charge is -2.35. The Bertz CT molecular complexity index is 989. The average molecular weight is 414 g/mol. The number of carbonyl (C=O) groups excluding carboxylic acids is 1. The van der Waals surface area contributed by atoms with Gasteiger partial charge >= 0.3 is 0 Å². The van der Waals surface area contributed by atoms with E-state index in [4.69, 9.17) is 10.5 Å². The minimum absolute atomic E-state index is 0.0179. The van der Waals surface area contributed by atoms with Gasteiger partial charge in [-0.1, -0.05) is 18.7 Å². The summed E-state index contributed by atoms with van der Waals surface area (Å²) in [6.07, 6.45) is 9.55. The number of aromatic nitrogens is 3. The number of piperidine rings is 1. The van der Waals surface area contributed by atoms with E-state index in [0.717, 1.165) is 55.1 Å². The number of likely N-dealkylation sites (tertiary alicyclic amines) is 1. The lowest BCUT2D eigenvalue weighted by Crippen LogP contribution is -2.37. The fraction of sp³-hybridized carbons (Fsp3) is 0.381. The largest absolute Gasteiger partial charge is 0.384 e. The van der Waals surface area contributed by atoms with E-state index >= 15 is 0 Å². The molecule has 0 spiro atoms. The van der Waals surface area contributed by atoms with Crippen LogP contribution >= 0.6 is 0 Å². The second-order valence-electron chi connectivity index (χ2n) is 7.13. The van der Waals surface area contributed by atoms with Crippen molar-refractivity contribution in [1.29, 1.82) is 0 Å². The van der Waals surface area contributed by atoms with E-state index in [1.807, 2.05) is 19.1 Å². The van der Waals surface area contributed by atoms with Gasteiger partial charge in [-0.3, -0.25) is 4.79 Å². The number of rotatable bonds is 7. The number of nitrogens with two attached hydrogens (primary N) is 1. The zero-order chi connectivity index (χ0) is 21.7. The summed E-state index contributed by atoms with van der Waals surface area (Å²) < 4.78 is 19.8. The molecule has 1 aliphatic heterocycles. The smallest absolute Gasteiger partial charge is 0.263 e. The Morgan fingerprint density at radius 2 is 2.20 bits per heavy atom. The molecule has 0 aliphatic carbocycles. The summed E-state index contributed by atoms with van der Waals surface area (Å²) in [5, 5.41) is 6.89. The summed E-state index contributed by atoms with van der Waals surface area (Å²) >= 11 is 0. The maximum absolute atomic E-state index is 13.4. The first kappa shape index (κ1) is 21.5. The maximum Gasteiger partial charge on any atom is 0.263 e. The number of nitrogen functional groups attached to an aromatic ring is 1. The van der Waals surface area contributed by atoms with E-state index < -0.39 is 11.7 Å². The molecule has 0 saturated carbocycles. The molecule has 1 amide bonds. The highest BCUT2D eigenvalue weighted by Gasteiger charge is 2.25. The van der Waals surface area contributed by atoms with Gasteiger partial charge in [-0.05, 0) is 31.8 Å². The molecule has 160 valence electrons. The molecule has 1 fully saturated rings. The number of nitrogens with zero attached hydrogens (tertiary/aromatic N) is 4. The number of carbonyl (C=O) groups is 1. The molecule has 1 aliphatic rings. The zero-order valence-electron chi connectivity index (χ0n) is 17.3. The molecule has 30 heavy (non-hydrogen) atoms. The predicted octanol–water partition coefficient (Wildman–Crippen LogP) is 2.51. The molecule has 2 aromatic heterocycles. The summed E-state index contributed by atoms with van der Waals surface area (Å²) in [7, 11) is 1.72. The van der Waals surface area contributed by atoms with Gasteiger partial charge in [-0.15, -0.1) is 5.10 Å². The van der Waals surface area contributed by atoms with Gasteiger partial charge in [-0.25, -0.2) is 13.9 Å². The summed E-state index contributed by atoms with van der Waals surface area (Å²) in [4.78, 5) is 19.2. The SMILES string of the molecule is C=C/C=C(\C(=C/C)NC(=O)c1c(N)nn2cc(F)cnc12)N1CCC(COC)CC1. The quantitative estimate of drug-likeness (QED) is 0.676. The molecule has 0 unspecified atom stereocenters. The van der Waals surface area contributed by atoms with Crippen LogP contribution in [0.1, 0.15) is 30.1 Å². The zero-order valence-corrected chi connectivity index (χ0v) is 17.3. The molecule has 1 saturated heterocycles. The first-order valence-electron chi connectivity index (χ1n) is 9.82. The minimum Gasteiger partial charge on any atom is -0.384 e. The van der Waals surface area contributed by atoms with Gasteiger partial charge in [-0.2, -0.15) is 0 Å². The number of anilines is 1. The van der Waals surface area contributed by atoms with Crippen molar-refractivity contribution in [1.82, 2.24) is 24.8 Å². The van der Waals surface area contributed by atoms with Crippen LogP contribution in [0.3, 0.4) is 0 Å². The number of hydrogen-bond donors (Lipinski definition) is 2. The molecular weight excluding hydrogens is 387 g/mol. The Kier molecular flexibility index (Phi) is 6.83. The van der Waals surface area contributed by atoms with E-state index in [0.29, 0.717) is 11.6 Å². The lowest BCUT2D eigenvalue weighted by molar-refractivity contribution is 0.0962. The standard InChI is InChI=1S/C21H27FN6O2/c1-4-6-17(27-9-7-14(8-10-27)13-30-3)16(5-2)25-21(29)18-19(23)26-28-12-15(22)11-24-20(18)28/h4-6,11-12,14H,1,7-10,13H2,2-3H3,(H2,23,26)(H,25,29)/b16-5+,17-6+. The summed E-state index contributed by atoms with van der Waals surface area (Å²) in [6.45, 7) is 8.10. The molecule has 0 aromatic carbocycles. The molecule has 3 N–H and O–H groups in total. The van der Waals surface area contributed by atoms with Crippen LogP contribution in [0, 0.1) is 11.7 Å². The van der Waals surface area contributed by atoms with Crippen LogP contribution in [0.25, 0.3) is 5.65 Å². The van der Waals surface area contributed by atoms with E-state index in [9.17, 15) is 9.18 Å². The van der Waals surface area contributed by atoms with Crippen molar-refractivity contribution in [2.75, 3.05) is 32.5 Å². The van der Waals surface area contributed by atoms with Crippen molar-refractivity contribution in [3.63, 3.8) is 0 Å². The van der Waals surface area contributed by atoms with Gasteiger partial charge in [0.15, 0.2) is 17.3 Å². The van der Waals surface area contributed by atoms with Crippen LogP contribution in [-0.2, 0) is 4.74 Å². The van der Waals surface area contributed by atoms with E-state index in [2.05, 4.69) is 26.9 Å².